The molecule has 1 aromatic carbocycles. The van der Waals surface area contributed by atoms with Crippen molar-refractivity contribution in [2.75, 3.05) is 24.5 Å². The molecule has 2 aliphatic heterocycles. The van der Waals surface area contributed by atoms with E-state index in [-0.39, 0.29) is 0 Å². The van der Waals surface area contributed by atoms with E-state index in [1.165, 1.54) is 35.2 Å². The molecular weight excluding hydrogens is 246 g/mol. The van der Waals surface area contributed by atoms with Crippen molar-refractivity contribution in [2.45, 2.75) is 18.9 Å². The highest BCUT2D eigenvalue weighted by Crippen LogP contribution is 2.36. The molecule has 0 spiro atoms. The Labute approximate surface area is 119 Å². The zero-order valence-electron chi connectivity index (χ0n) is 11.5. The monoisotopic (exact) mass is 265 g/mol. The highest BCUT2D eigenvalue weighted by molar-refractivity contribution is 5.71. The van der Waals surface area contributed by atoms with Crippen LogP contribution < -0.4 is 10.2 Å². The molecule has 1 aromatic heterocycles. The molecule has 1 unspecified atom stereocenters. The van der Waals surface area contributed by atoms with Crippen molar-refractivity contribution in [3.63, 3.8) is 0 Å². The topological polar surface area (TPSA) is 28.2 Å². The Hall–Kier alpha value is -1.87. The van der Waals surface area contributed by atoms with E-state index < -0.39 is 0 Å². The summed E-state index contributed by atoms with van der Waals surface area (Å²) in [6.07, 6.45) is 6.17. The van der Waals surface area contributed by atoms with E-state index in [1.54, 1.807) is 0 Å². The average Bonchev–Trinajstić information content (AvgIpc) is 2.68. The molecule has 3 heterocycles. The van der Waals surface area contributed by atoms with E-state index in [0.29, 0.717) is 6.04 Å². The van der Waals surface area contributed by atoms with Crippen molar-refractivity contribution in [3.8, 4) is 11.1 Å². The number of hydrogen-bond donors (Lipinski definition) is 1. The first kappa shape index (κ1) is 11.9. The molecule has 102 valence electrons. The van der Waals surface area contributed by atoms with Gasteiger partial charge in [-0.25, -0.2) is 0 Å². The molecule has 0 amide bonds. The van der Waals surface area contributed by atoms with Crippen LogP contribution in [0.2, 0.25) is 0 Å². The molecule has 1 atom stereocenters. The molecule has 1 fully saturated rings. The molecule has 2 aliphatic rings. The minimum absolute atomic E-state index is 0.688. The Morgan fingerprint density at radius 2 is 1.95 bits per heavy atom. The van der Waals surface area contributed by atoms with Crippen LogP contribution in [0.15, 0.2) is 42.7 Å². The summed E-state index contributed by atoms with van der Waals surface area (Å²) >= 11 is 0. The summed E-state index contributed by atoms with van der Waals surface area (Å²) < 4.78 is 0. The van der Waals surface area contributed by atoms with Crippen LogP contribution in [-0.2, 0) is 6.42 Å². The molecule has 3 heteroatoms. The number of aromatic nitrogens is 1. The summed E-state index contributed by atoms with van der Waals surface area (Å²) in [7, 11) is 0. The molecule has 2 aromatic rings. The van der Waals surface area contributed by atoms with Gasteiger partial charge in [-0.15, -0.1) is 0 Å². The van der Waals surface area contributed by atoms with Gasteiger partial charge in [-0.2, -0.15) is 0 Å². The third kappa shape index (κ3) is 1.98. The molecule has 1 N–H and O–H groups in total. The van der Waals surface area contributed by atoms with Crippen LogP contribution in [0.25, 0.3) is 11.1 Å². The number of rotatable bonds is 1. The van der Waals surface area contributed by atoms with Gasteiger partial charge in [0.1, 0.15) is 0 Å². The summed E-state index contributed by atoms with van der Waals surface area (Å²) in [4.78, 5) is 6.69. The third-order valence-electron chi connectivity index (χ3n) is 4.48. The van der Waals surface area contributed by atoms with Crippen LogP contribution in [0.4, 0.5) is 5.69 Å². The van der Waals surface area contributed by atoms with Crippen LogP contribution >= 0.6 is 0 Å². The fraction of sp³-hybridized carbons (Fsp3) is 0.353. The lowest BCUT2D eigenvalue weighted by Crippen LogP contribution is -2.32. The summed E-state index contributed by atoms with van der Waals surface area (Å²) in [5.74, 6) is 0. The standard InChI is InChI=1S/C17H19N3/c1-2-17-15(11-14(1)13-3-6-18-7-4-13)12-16-5-8-19-9-10-20(16)17/h1-4,6-7,11,16,19H,5,8-10,12H2. The van der Waals surface area contributed by atoms with Crippen LogP contribution in [0.5, 0.6) is 0 Å². The van der Waals surface area contributed by atoms with Gasteiger partial charge in [-0.1, -0.05) is 6.07 Å². The first-order valence-corrected chi connectivity index (χ1v) is 7.42. The molecule has 4 rings (SSSR count). The number of nitrogens with one attached hydrogen (secondary N) is 1. The fourth-order valence-electron chi connectivity index (χ4n) is 3.47. The first-order valence-electron chi connectivity index (χ1n) is 7.42. The molecule has 1 saturated heterocycles. The quantitative estimate of drug-likeness (QED) is 0.858. The SMILES string of the molecule is c1cc(-c2ccc3c(c2)CC2CCNCCN32)ccn1. The number of benzene rings is 1. The van der Waals surface area contributed by atoms with E-state index in [9.17, 15) is 0 Å². The zero-order chi connectivity index (χ0) is 13.4. The highest BCUT2D eigenvalue weighted by Gasteiger charge is 2.29. The van der Waals surface area contributed by atoms with E-state index in [4.69, 9.17) is 0 Å². The molecule has 0 bridgehead atoms. The lowest BCUT2D eigenvalue weighted by atomic mass is 10.0. The normalized spacial score (nSPS) is 21.2. The van der Waals surface area contributed by atoms with Crippen molar-refractivity contribution in [1.29, 1.82) is 0 Å². The van der Waals surface area contributed by atoms with Crippen molar-refractivity contribution < 1.29 is 0 Å². The summed E-state index contributed by atoms with van der Waals surface area (Å²) in [6.45, 7) is 3.38. The summed E-state index contributed by atoms with van der Waals surface area (Å²) in [6, 6.07) is 11.8. The maximum Gasteiger partial charge on any atom is 0.0403 e. The minimum atomic E-state index is 0.688. The largest absolute Gasteiger partial charge is 0.367 e. The molecule has 0 aliphatic carbocycles. The van der Waals surface area contributed by atoms with E-state index in [1.807, 2.05) is 12.4 Å². The van der Waals surface area contributed by atoms with Crippen molar-refractivity contribution >= 4 is 5.69 Å². The predicted molar refractivity (Wildman–Crippen MR) is 82.0 cm³/mol. The van der Waals surface area contributed by atoms with Gasteiger partial charge < -0.3 is 10.2 Å². The number of anilines is 1. The number of nitrogens with zero attached hydrogens (tertiary/aromatic N) is 2. The van der Waals surface area contributed by atoms with Gasteiger partial charge in [0.05, 0.1) is 0 Å². The smallest absolute Gasteiger partial charge is 0.0403 e. The van der Waals surface area contributed by atoms with Gasteiger partial charge in [0.25, 0.3) is 0 Å². The van der Waals surface area contributed by atoms with Crippen LogP contribution in [-0.4, -0.2) is 30.7 Å². The molecule has 0 saturated carbocycles. The van der Waals surface area contributed by atoms with Gasteiger partial charge in [-0.05, 0) is 60.3 Å². The van der Waals surface area contributed by atoms with Gasteiger partial charge in [-0.3, -0.25) is 4.98 Å². The van der Waals surface area contributed by atoms with Gasteiger partial charge in [0.15, 0.2) is 0 Å². The van der Waals surface area contributed by atoms with Crippen LogP contribution in [0, 0.1) is 0 Å². The molecule has 0 radical (unpaired) electrons. The van der Waals surface area contributed by atoms with Gasteiger partial charge in [0.2, 0.25) is 0 Å². The lowest BCUT2D eigenvalue weighted by molar-refractivity contribution is 0.612. The van der Waals surface area contributed by atoms with Gasteiger partial charge >= 0.3 is 0 Å². The Balaban J connectivity index is 1.70. The first-order chi connectivity index (χ1) is 9.92. The number of fused-ring (bicyclic) bond motifs is 3. The second-order valence-electron chi connectivity index (χ2n) is 5.67. The number of pyridine rings is 1. The van der Waals surface area contributed by atoms with Crippen molar-refractivity contribution in [1.82, 2.24) is 10.3 Å². The second kappa shape index (κ2) is 4.91. The Morgan fingerprint density at radius 1 is 1.05 bits per heavy atom. The lowest BCUT2D eigenvalue weighted by Gasteiger charge is -2.24. The fourth-order valence-corrected chi connectivity index (χ4v) is 3.47. The molecular formula is C17H19N3. The number of hydrogen-bond acceptors (Lipinski definition) is 3. The van der Waals surface area contributed by atoms with Gasteiger partial charge in [0, 0.05) is 37.2 Å². The zero-order valence-corrected chi connectivity index (χ0v) is 11.5. The van der Waals surface area contributed by atoms with E-state index in [2.05, 4.69) is 45.5 Å². The molecule has 3 nitrogen and oxygen atoms in total. The predicted octanol–water partition coefficient (Wildman–Crippen LogP) is 2.47. The van der Waals surface area contributed by atoms with Crippen molar-refractivity contribution in [3.05, 3.63) is 48.3 Å². The summed E-state index contributed by atoms with van der Waals surface area (Å²) in [5.41, 5.74) is 5.51. The van der Waals surface area contributed by atoms with Crippen molar-refractivity contribution in [2.24, 2.45) is 0 Å². The Bertz CT molecular complexity index is 609. The maximum atomic E-state index is 4.10. The minimum Gasteiger partial charge on any atom is -0.367 e. The van der Waals surface area contributed by atoms with E-state index >= 15 is 0 Å². The average molecular weight is 265 g/mol. The van der Waals surface area contributed by atoms with Crippen LogP contribution in [0.3, 0.4) is 0 Å². The summed E-state index contributed by atoms with van der Waals surface area (Å²) in [5, 5.41) is 3.50. The third-order valence-corrected chi connectivity index (χ3v) is 4.48. The molecule has 20 heavy (non-hydrogen) atoms. The highest BCUT2D eigenvalue weighted by atomic mass is 15.2. The Kier molecular flexibility index (Phi) is 2.92. The van der Waals surface area contributed by atoms with Crippen LogP contribution in [0.1, 0.15) is 12.0 Å². The maximum absolute atomic E-state index is 4.10. The second-order valence-corrected chi connectivity index (χ2v) is 5.67. The van der Waals surface area contributed by atoms with E-state index in [0.717, 1.165) is 19.6 Å². The Morgan fingerprint density at radius 3 is 2.85 bits per heavy atom.